The zero-order chi connectivity index (χ0) is 14.4. The third kappa shape index (κ3) is 2.36. The Bertz CT molecular complexity index is 564. The molecule has 6 heteroatoms. The minimum Gasteiger partial charge on any atom is -0.458 e. The lowest BCUT2D eigenvalue weighted by Crippen LogP contribution is -2.52. The molecule has 3 rings (SSSR count). The van der Waals surface area contributed by atoms with Crippen LogP contribution in [0.2, 0.25) is 10.0 Å². The van der Waals surface area contributed by atoms with E-state index in [1.165, 1.54) is 6.92 Å². The van der Waals surface area contributed by atoms with Crippen molar-refractivity contribution >= 4 is 34.9 Å². The average Bonchev–Trinajstić information content (AvgIpc) is 2.35. The van der Waals surface area contributed by atoms with Gasteiger partial charge in [0.05, 0.1) is 29.0 Å². The van der Waals surface area contributed by atoms with Crippen molar-refractivity contribution in [3.63, 3.8) is 0 Å². The number of halogens is 2. The second kappa shape index (κ2) is 5.10. The fraction of sp³-hybridized carbons (Fsp3) is 0.500. The molecule has 1 saturated heterocycles. The molecule has 108 valence electrons. The number of esters is 1. The molecule has 0 unspecified atom stereocenters. The van der Waals surface area contributed by atoms with Gasteiger partial charge in [-0.15, -0.1) is 0 Å². The Hall–Kier alpha value is -0.970. The molecule has 0 amide bonds. The van der Waals surface area contributed by atoms with Crippen LogP contribution >= 0.6 is 23.2 Å². The Morgan fingerprint density at radius 2 is 2.20 bits per heavy atom. The highest BCUT2D eigenvalue weighted by Gasteiger charge is 2.43. The third-order valence-electron chi connectivity index (χ3n) is 3.77. The van der Waals surface area contributed by atoms with Crippen molar-refractivity contribution in [1.29, 1.82) is 0 Å². The van der Waals surface area contributed by atoms with E-state index in [0.29, 0.717) is 10.0 Å². The summed E-state index contributed by atoms with van der Waals surface area (Å²) in [7, 11) is 0. The molecule has 4 atom stereocenters. The number of rotatable bonds is 1. The minimum atomic E-state index is -0.316. The van der Waals surface area contributed by atoms with Crippen molar-refractivity contribution in [2.24, 2.45) is 0 Å². The first kappa shape index (κ1) is 14.0. The summed E-state index contributed by atoms with van der Waals surface area (Å²) in [4.78, 5) is 11.2. The molecule has 2 aliphatic heterocycles. The summed E-state index contributed by atoms with van der Waals surface area (Å²) in [5.41, 5.74) is 1.79. The molecule has 0 aromatic heterocycles. The zero-order valence-corrected chi connectivity index (χ0v) is 12.7. The third-order valence-corrected chi connectivity index (χ3v) is 4.29. The molecule has 4 nitrogen and oxygen atoms in total. The molecule has 2 bridgehead atoms. The number of hydrogen-bond acceptors (Lipinski definition) is 4. The van der Waals surface area contributed by atoms with Gasteiger partial charge in [-0.1, -0.05) is 23.2 Å². The molecule has 0 radical (unpaired) electrons. The number of benzene rings is 1. The van der Waals surface area contributed by atoms with Gasteiger partial charge in [0.15, 0.2) is 0 Å². The van der Waals surface area contributed by atoms with Crippen LogP contribution in [0.1, 0.15) is 31.9 Å². The van der Waals surface area contributed by atoms with Crippen LogP contribution in [0.15, 0.2) is 12.1 Å². The number of ether oxygens (including phenoxy) is 2. The van der Waals surface area contributed by atoms with E-state index in [-0.39, 0.29) is 30.3 Å². The summed E-state index contributed by atoms with van der Waals surface area (Å²) in [6, 6.07) is 3.56. The molecule has 1 aromatic carbocycles. The number of fused-ring (bicyclic) bond motifs is 4. The number of carbonyl (C=O) groups is 1. The van der Waals surface area contributed by atoms with Crippen LogP contribution in [0, 0.1) is 0 Å². The molecular formula is C14H15Cl2NO3. The normalized spacial score (nSPS) is 31.2. The van der Waals surface area contributed by atoms with E-state index in [9.17, 15) is 4.79 Å². The molecule has 2 aliphatic rings. The van der Waals surface area contributed by atoms with Gasteiger partial charge in [-0.05, 0) is 19.1 Å². The van der Waals surface area contributed by atoms with E-state index >= 15 is 0 Å². The van der Waals surface area contributed by atoms with E-state index < -0.39 is 0 Å². The second-order valence-corrected chi connectivity index (χ2v) is 6.09. The molecule has 20 heavy (non-hydrogen) atoms. The van der Waals surface area contributed by atoms with E-state index in [0.717, 1.165) is 17.7 Å². The number of carbonyl (C=O) groups excluding carboxylic acids is 1. The molecule has 0 saturated carbocycles. The van der Waals surface area contributed by atoms with Crippen molar-refractivity contribution in [2.45, 2.75) is 44.6 Å². The predicted molar refractivity (Wildman–Crippen MR) is 77.3 cm³/mol. The standard InChI is InChI=1S/C14H15Cl2NO3/c1-6-14(20-7(2)18)11-5-12(19-6)9-3-8(15)4-10(16)13(9)17-11/h3-4,6,11-12,14,17H,5H2,1-2H3/t6-,11-,12-,14-/m0/s1. The highest BCUT2D eigenvalue weighted by atomic mass is 35.5. The van der Waals surface area contributed by atoms with Crippen molar-refractivity contribution in [3.8, 4) is 0 Å². The van der Waals surface area contributed by atoms with Crippen LogP contribution in [-0.4, -0.2) is 24.2 Å². The van der Waals surface area contributed by atoms with Crippen LogP contribution in [-0.2, 0) is 14.3 Å². The highest BCUT2D eigenvalue weighted by Crippen LogP contribution is 2.45. The summed E-state index contributed by atoms with van der Waals surface area (Å²) < 4.78 is 11.3. The van der Waals surface area contributed by atoms with Gasteiger partial charge in [-0.25, -0.2) is 0 Å². The summed E-state index contributed by atoms with van der Waals surface area (Å²) in [6.45, 7) is 3.31. The quantitative estimate of drug-likeness (QED) is 0.805. The monoisotopic (exact) mass is 315 g/mol. The van der Waals surface area contributed by atoms with Crippen molar-refractivity contribution in [3.05, 3.63) is 27.7 Å². The van der Waals surface area contributed by atoms with E-state index in [4.69, 9.17) is 32.7 Å². The summed E-state index contributed by atoms with van der Waals surface area (Å²) in [5, 5.41) is 4.51. The van der Waals surface area contributed by atoms with E-state index in [2.05, 4.69) is 5.32 Å². The zero-order valence-electron chi connectivity index (χ0n) is 11.2. The van der Waals surface area contributed by atoms with Crippen LogP contribution in [0.5, 0.6) is 0 Å². The Morgan fingerprint density at radius 1 is 1.45 bits per heavy atom. The molecule has 1 fully saturated rings. The van der Waals surface area contributed by atoms with Crippen LogP contribution in [0.25, 0.3) is 0 Å². The van der Waals surface area contributed by atoms with Gasteiger partial charge in [0.1, 0.15) is 6.10 Å². The van der Waals surface area contributed by atoms with Gasteiger partial charge in [-0.3, -0.25) is 4.79 Å². The predicted octanol–water partition coefficient (Wildman–Crippen LogP) is 3.57. The Morgan fingerprint density at radius 3 is 2.90 bits per heavy atom. The fourth-order valence-electron chi connectivity index (χ4n) is 2.98. The van der Waals surface area contributed by atoms with Gasteiger partial charge in [0.25, 0.3) is 0 Å². The van der Waals surface area contributed by atoms with Crippen LogP contribution < -0.4 is 5.32 Å². The Labute approximate surface area is 127 Å². The summed E-state index contributed by atoms with van der Waals surface area (Å²) in [6.07, 6.45) is 0.158. The largest absolute Gasteiger partial charge is 0.458 e. The number of anilines is 1. The van der Waals surface area contributed by atoms with E-state index in [1.54, 1.807) is 6.07 Å². The van der Waals surface area contributed by atoms with Crippen LogP contribution in [0.3, 0.4) is 0 Å². The van der Waals surface area contributed by atoms with Gasteiger partial charge in [-0.2, -0.15) is 0 Å². The van der Waals surface area contributed by atoms with E-state index in [1.807, 2.05) is 13.0 Å². The maximum absolute atomic E-state index is 11.2. The molecule has 1 aromatic rings. The average molecular weight is 316 g/mol. The molecular weight excluding hydrogens is 301 g/mol. The Balaban J connectivity index is 1.97. The van der Waals surface area contributed by atoms with Gasteiger partial charge >= 0.3 is 5.97 Å². The van der Waals surface area contributed by atoms with Crippen molar-refractivity contribution in [1.82, 2.24) is 0 Å². The maximum Gasteiger partial charge on any atom is 0.303 e. The fourth-order valence-corrected chi connectivity index (χ4v) is 3.54. The number of hydrogen-bond donors (Lipinski definition) is 1. The first-order chi connectivity index (χ1) is 9.45. The summed E-state index contributed by atoms with van der Waals surface area (Å²) >= 11 is 12.3. The van der Waals surface area contributed by atoms with Crippen molar-refractivity contribution in [2.75, 3.05) is 5.32 Å². The van der Waals surface area contributed by atoms with Gasteiger partial charge in [0, 0.05) is 23.9 Å². The minimum absolute atomic E-state index is 0.00109. The maximum atomic E-state index is 11.2. The molecule has 1 N–H and O–H groups in total. The smallest absolute Gasteiger partial charge is 0.303 e. The second-order valence-electron chi connectivity index (χ2n) is 5.24. The molecule has 0 spiro atoms. The van der Waals surface area contributed by atoms with Gasteiger partial charge < -0.3 is 14.8 Å². The lowest BCUT2D eigenvalue weighted by Gasteiger charge is -2.45. The first-order valence-electron chi connectivity index (χ1n) is 6.54. The number of nitrogens with one attached hydrogen (secondary N) is 1. The lowest BCUT2D eigenvalue weighted by atomic mass is 9.87. The highest BCUT2D eigenvalue weighted by molar-refractivity contribution is 6.36. The van der Waals surface area contributed by atoms with Gasteiger partial charge in [0.2, 0.25) is 0 Å². The Kier molecular flexibility index (Phi) is 3.56. The topological polar surface area (TPSA) is 47.6 Å². The molecule has 0 aliphatic carbocycles. The van der Waals surface area contributed by atoms with Crippen molar-refractivity contribution < 1.29 is 14.3 Å². The lowest BCUT2D eigenvalue weighted by molar-refractivity contribution is -0.170. The summed E-state index contributed by atoms with van der Waals surface area (Å²) in [5.74, 6) is -0.307. The molecule has 2 heterocycles. The first-order valence-corrected chi connectivity index (χ1v) is 7.29. The van der Waals surface area contributed by atoms with Crippen LogP contribution in [0.4, 0.5) is 5.69 Å². The SMILES string of the molecule is CC(=O)O[C@@H]1[C@@H]2C[C@H](O[C@H]1C)c1cc(Cl)cc(Cl)c1N2.